The minimum absolute atomic E-state index is 0. The Morgan fingerprint density at radius 1 is 0.450 bits per heavy atom. The SMILES string of the molecule is Cc1cccc2c3cccc(C)c3n(-c3cc(C(C)(C)C)cc(-n4c5c(C)cccc5c5cccc(C)c54)c3N3[CH-]N(c4[c-]c(Oc5[c-]c6c(cc5)c5ccccc5n6-c5cc(C(C)(C)C)ccn5)ccc4)c4cnccc43)c12.[Pt]. The third kappa shape index (κ3) is 7.97. The zero-order valence-electron chi connectivity index (χ0n) is 46.7. The van der Waals surface area contributed by atoms with Gasteiger partial charge in [0.05, 0.1) is 44.8 Å². The molecule has 80 heavy (non-hydrogen) atoms. The number of nitrogens with zero attached hydrogens (tertiary/aromatic N) is 7. The largest absolute Gasteiger partial charge is 0.509 e. The number of aryl methyl sites for hydroxylation is 4. The standard InChI is InChI=1S/C71H60N7O.Pt/c1-43-18-13-25-54-55-26-14-19-44(2)66(55)77(65(43)54)61-36-48(71(8,9)10)37-62(78-67-45(3)20-15-27-56(67)57-28-16-21-46(4)68(57)78)69(61)75-42-74(63-41-72-34-33-59(63)75)49-22-17-23-50(39-49)79-51-30-31-53-52-24-11-12-29-58(52)76(60(53)40-51)64-38-47(32-35-73-64)70(5,6)7;/h11-38,41-42H,1-10H3;/q-3;. The van der Waals surface area contributed by atoms with Crippen LogP contribution in [0.1, 0.15) is 74.9 Å². The summed E-state index contributed by atoms with van der Waals surface area (Å²) in [6, 6.07) is 64.3. The number of hydrogen-bond acceptors (Lipinski definition) is 5. The van der Waals surface area contributed by atoms with Gasteiger partial charge in [-0.25, -0.2) is 4.98 Å². The van der Waals surface area contributed by atoms with Crippen molar-refractivity contribution in [2.24, 2.45) is 0 Å². The summed E-state index contributed by atoms with van der Waals surface area (Å²) in [6.07, 6.45) is 5.77. The van der Waals surface area contributed by atoms with Crippen LogP contribution < -0.4 is 14.5 Å². The van der Waals surface area contributed by atoms with Crippen LogP contribution in [-0.4, -0.2) is 23.7 Å². The van der Waals surface area contributed by atoms with Gasteiger partial charge in [0.1, 0.15) is 5.82 Å². The van der Waals surface area contributed by atoms with Crippen LogP contribution >= 0.6 is 0 Å². The van der Waals surface area contributed by atoms with Gasteiger partial charge in [-0.05, 0) is 114 Å². The van der Waals surface area contributed by atoms with Crippen molar-refractivity contribution in [1.29, 1.82) is 0 Å². The third-order valence-electron chi connectivity index (χ3n) is 16.2. The van der Waals surface area contributed by atoms with Gasteiger partial charge in [0.15, 0.2) is 0 Å². The Hall–Kier alpha value is -8.45. The topological polar surface area (TPSA) is 56.3 Å². The van der Waals surface area contributed by atoms with Crippen molar-refractivity contribution in [3.63, 3.8) is 0 Å². The minimum atomic E-state index is -0.224. The monoisotopic (exact) mass is 1220 g/mol. The first-order chi connectivity index (χ1) is 38.1. The predicted octanol–water partition coefficient (Wildman–Crippen LogP) is 18.4. The molecule has 9 heteroatoms. The van der Waals surface area contributed by atoms with Crippen LogP contribution in [-0.2, 0) is 31.9 Å². The summed E-state index contributed by atoms with van der Waals surface area (Å²) >= 11 is 0. The summed E-state index contributed by atoms with van der Waals surface area (Å²) in [5.41, 5.74) is 19.6. The number of hydrogen-bond donors (Lipinski definition) is 0. The van der Waals surface area contributed by atoms with Crippen molar-refractivity contribution in [3.8, 4) is 28.7 Å². The predicted molar refractivity (Wildman–Crippen MR) is 327 cm³/mol. The van der Waals surface area contributed by atoms with E-state index >= 15 is 0 Å². The molecule has 1 aliphatic rings. The average molecular weight is 1220 g/mol. The maximum absolute atomic E-state index is 6.82. The molecule has 8 aromatic carbocycles. The maximum Gasteiger partial charge on any atom is 0.135 e. The van der Waals surface area contributed by atoms with Gasteiger partial charge in [-0.2, -0.15) is 12.1 Å². The Balaban J connectivity index is 0.00000605. The number of pyridine rings is 2. The quantitative estimate of drug-likeness (QED) is 0.149. The molecule has 0 radical (unpaired) electrons. The third-order valence-corrected chi connectivity index (χ3v) is 16.2. The van der Waals surface area contributed by atoms with Crippen molar-refractivity contribution in [2.45, 2.75) is 80.1 Å². The van der Waals surface area contributed by atoms with Gasteiger partial charge in [-0.3, -0.25) is 4.98 Å². The molecule has 0 saturated heterocycles. The molecule has 8 nitrogen and oxygen atoms in total. The summed E-state index contributed by atoms with van der Waals surface area (Å²) in [7, 11) is 0. The molecule has 0 amide bonds. The molecule has 5 aromatic heterocycles. The molecular weight excluding hydrogens is 1160 g/mol. The number of aromatic nitrogens is 5. The van der Waals surface area contributed by atoms with E-state index in [1.165, 1.54) is 77.0 Å². The number of ether oxygens (including phenoxy) is 1. The molecule has 0 saturated carbocycles. The average Bonchev–Trinajstić information content (AvgIpc) is 4.36. The van der Waals surface area contributed by atoms with Crippen LogP contribution in [0.3, 0.4) is 0 Å². The summed E-state index contributed by atoms with van der Waals surface area (Å²) in [4.78, 5) is 14.3. The molecule has 0 fully saturated rings. The van der Waals surface area contributed by atoms with Gasteiger partial charge < -0.3 is 28.2 Å². The maximum atomic E-state index is 6.82. The smallest absolute Gasteiger partial charge is 0.135 e. The second kappa shape index (κ2) is 18.8. The van der Waals surface area contributed by atoms with E-state index in [2.05, 4.69) is 251 Å². The van der Waals surface area contributed by atoms with Crippen LogP contribution in [0.5, 0.6) is 11.5 Å². The molecular formula is C71H60N7OPt-3. The van der Waals surface area contributed by atoms with Crippen molar-refractivity contribution in [1.82, 2.24) is 23.7 Å². The molecule has 0 unspecified atom stereocenters. The molecule has 0 bridgehead atoms. The Morgan fingerprint density at radius 3 is 1.56 bits per heavy atom. The van der Waals surface area contributed by atoms with E-state index in [0.29, 0.717) is 11.5 Å². The van der Waals surface area contributed by atoms with E-state index in [0.717, 1.165) is 61.7 Å². The molecule has 6 heterocycles. The zero-order chi connectivity index (χ0) is 54.2. The Labute approximate surface area is 481 Å². The summed E-state index contributed by atoms with van der Waals surface area (Å²) in [5.74, 6) is 1.98. The van der Waals surface area contributed by atoms with Crippen molar-refractivity contribution in [2.75, 3.05) is 9.80 Å². The Kier molecular flexibility index (Phi) is 12.0. The molecule has 0 N–H and O–H groups in total. The first kappa shape index (κ1) is 51.0. The van der Waals surface area contributed by atoms with Gasteiger partial charge >= 0.3 is 0 Å². The van der Waals surface area contributed by atoms with Crippen LogP contribution in [0, 0.1) is 46.5 Å². The van der Waals surface area contributed by atoms with Crippen molar-refractivity contribution >= 4 is 88.2 Å². The van der Waals surface area contributed by atoms with E-state index in [4.69, 9.17) is 14.7 Å². The summed E-state index contributed by atoms with van der Waals surface area (Å²) < 4.78 is 14.1. The van der Waals surface area contributed by atoms with Crippen LogP contribution in [0.4, 0.5) is 22.7 Å². The fourth-order valence-electron chi connectivity index (χ4n) is 12.3. The van der Waals surface area contributed by atoms with Gasteiger partial charge in [0.2, 0.25) is 0 Å². The number of para-hydroxylation sites is 5. The van der Waals surface area contributed by atoms with Crippen LogP contribution in [0.15, 0.2) is 176 Å². The van der Waals surface area contributed by atoms with E-state index in [1.807, 2.05) is 36.8 Å². The molecule has 0 atom stereocenters. The fraction of sp³-hybridized carbons (Fsp3) is 0.169. The molecule has 1 aliphatic heterocycles. The molecule has 0 aliphatic carbocycles. The van der Waals surface area contributed by atoms with Gasteiger partial charge in [0, 0.05) is 83.9 Å². The first-order valence-corrected chi connectivity index (χ1v) is 27.3. The zero-order valence-corrected chi connectivity index (χ0v) is 48.9. The first-order valence-electron chi connectivity index (χ1n) is 27.3. The number of rotatable bonds is 7. The van der Waals surface area contributed by atoms with Gasteiger partial charge in [-0.1, -0.05) is 138 Å². The van der Waals surface area contributed by atoms with Crippen LogP contribution in [0.2, 0.25) is 0 Å². The Bertz CT molecular complexity index is 4390. The number of anilines is 4. The van der Waals surface area contributed by atoms with Crippen molar-refractivity contribution < 1.29 is 25.8 Å². The van der Waals surface area contributed by atoms with Crippen LogP contribution in [0.25, 0.3) is 82.6 Å². The molecule has 398 valence electrons. The summed E-state index contributed by atoms with van der Waals surface area (Å²) in [5, 5.41) is 7.11. The van der Waals surface area contributed by atoms with E-state index in [9.17, 15) is 0 Å². The van der Waals surface area contributed by atoms with E-state index in [1.54, 1.807) is 0 Å². The van der Waals surface area contributed by atoms with Gasteiger partial charge in [0.25, 0.3) is 0 Å². The van der Waals surface area contributed by atoms with E-state index in [-0.39, 0.29) is 31.9 Å². The second-order valence-corrected chi connectivity index (χ2v) is 23.5. The normalized spacial score (nSPS) is 12.9. The fourth-order valence-corrected chi connectivity index (χ4v) is 12.3. The van der Waals surface area contributed by atoms with Crippen molar-refractivity contribution in [3.05, 3.63) is 228 Å². The van der Waals surface area contributed by atoms with Gasteiger partial charge in [-0.15, -0.1) is 48.1 Å². The van der Waals surface area contributed by atoms with E-state index < -0.39 is 0 Å². The molecule has 0 spiro atoms. The molecule has 13 aromatic rings. The number of fused-ring (bicyclic) bond motifs is 10. The number of benzene rings is 8. The summed E-state index contributed by atoms with van der Waals surface area (Å²) in [6.45, 7) is 24.9. The second-order valence-electron chi connectivity index (χ2n) is 23.5. The Morgan fingerprint density at radius 2 is 0.988 bits per heavy atom. The minimum Gasteiger partial charge on any atom is -0.509 e. The molecule has 14 rings (SSSR count).